The molecule has 1 atom stereocenters. The minimum absolute atomic E-state index is 0.155. The van der Waals surface area contributed by atoms with Gasteiger partial charge in [-0.25, -0.2) is 0 Å². The Morgan fingerprint density at radius 3 is 2.95 bits per heavy atom. The number of rotatable bonds is 3. The van der Waals surface area contributed by atoms with E-state index in [9.17, 15) is 19.3 Å². The first-order chi connectivity index (χ1) is 9.08. The summed E-state index contributed by atoms with van der Waals surface area (Å²) in [5.74, 6) is -1.27. The van der Waals surface area contributed by atoms with E-state index in [0.29, 0.717) is 6.54 Å². The summed E-state index contributed by atoms with van der Waals surface area (Å²) in [7, 11) is 0. The first-order valence-electron chi connectivity index (χ1n) is 6.03. The van der Waals surface area contributed by atoms with Crippen molar-refractivity contribution in [2.45, 2.75) is 12.8 Å². The maximum atomic E-state index is 13.1. The van der Waals surface area contributed by atoms with E-state index in [1.165, 1.54) is 6.07 Å². The average molecular weight is 267 g/mol. The van der Waals surface area contributed by atoms with Gasteiger partial charge in [0.25, 0.3) is 0 Å². The molecule has 7 heteroatoms. The highest BCUT2D eigenvalue weighted by atomic mass is 19.1. The maximum absolute atomic E-state index is 13.1. The van der Waals surface area contributed by atoms with Crippen LogP contribution in [0.3, 0.4) is 0 Å². The lowest BCUT2D eigenvalue weighted by Gasteiger charge is -2.21. The Labute approximate surface area is 109 Å². The van der Waals surface area contributed by atoms with Gasteiger partial charge in [0.2, 0.25) is 11.7 Å². The highest BCUT2D eigenvalue weighted by Crippen LogP contribution is 2.22. The predicted octanol–water partition coefficient (Wildman–Crippen LogP) is 1.67. The number of anilines is 1. The van der Waals surface area contributed by atoms with Crippen molar-refractivity contribution in [1.29, 1.82) is 0 Å². The Morgan fingerprint density at radius 2 is 2.32 bits per heavy atom. The maximum Gasteiger partial charge on any atom is 0.306 e. The number of hydrogen-bond donors (Lipinski definition) is 2. The van der Waals surface area contributed by atoms with Gasteiger partial charge in [-0.15, -0.1) is 0 Å². The number of nitro benzene ring substituents is 1. The van der Waals surface area contributed by atoms with Crippen LogP contribution in [0.1, 0.15) is 12.8 Å². The van der Waals surface area contributed by atoms with Crippen LogP contribution in [-0.2, 0) is 4.79 Å². The number of nitrogens with one attached hydrogen (secondary N) is 2. The van der Waals surface area contributed by atoms with Crippen LogP contribution < -0.4 is 10.6 Å². The van der Waals surface area contributed by atoms with E-state index in [1.807, 2.05) is 0 Å². The van der Waals surface area contributed by atoms with Gasteiger partial charge in [0.1, 0.15) is 0 Å². The summed E-state index contributed by atoms with van der Waals surface area (Å²) in [6.07, 6.45) is 1.70. The Morgan fingerprint density at radius 1 is 1.53 bits per heavy atom. The standard InChI is InChI=1S/C12H14FN3O3/c13-10-4-3-9(6-11(10)16(18)19)15-12(17)8-2-1-5-14-7-8/h3-4,6,8,14H,1-2,5,7H2,(H,15,17)/t8-/m1/s1. The largest absolute Gasteiger partial charge is 0.326 e. The fraction of sp³-hybridized carbons (Fsp3) is 0.417. The first-order valence-corrected chi connectivity index (χ1v) is 6.03. The molecule has 1 aliphatic heterocycles. The van der Waals surface area contributed by atoms with E-state index in [2.05, 4.69) is 10.6 Å². The highest BCUT2D eigenvalue weighted by Gasteiger charge is 2.22. The summed E-state index contributed by atoms with van der Waals surface area (Å²) >= 11 is 0. The first kappa shape index (κ1) is 13.4. The smallest absolute Gasteiger partial charge is 0.306 e. The number of nitro groups is 1. The molecule has 0 bridgehead atoms. The zero-order valence-electron chi connectivity index (χ0n) is 10.2. The summed E-state index contributed by atoms with van der Waals surface area (Å²) in [6, 6.07) is 3.33. The molecule has 1 aromatic carbocycles. The number of carbonyl (C=O) groups is 1. The molecule has 102 valence electrons. The van der Waals surface area contributed by atoms with E-state index in [4.69, 9.17) is 0 Å². The fourth-order valence-electron chi connectivity index (χ4n) is 2.05. The van der Waals surface area contributed by atoms with Crippen molar-refractivity contribution in [3.05, 3.63) is 34.1 Å². The summed E-state index contributed by atoms with van der Waals surface area (Å²) in [6.45, 7) is 1.49. The molecule has 1 aromatic rings. The molecular formula is C12H14FN3O3. The van der Waals surface area contributed by atoms with E-state index < -0.39 is 16.4 Å². The quantitative estimate of drug-likeness (QED) is 0.644. The Bertz CT molecular complexity index is 501. The molecule has 1 amide bonds. The Kier molecular flexibility index (Phi) is 4.06. The van der Waals surface area contributed by atoms with Gasteiger partial charge in [-0.05, 0) is 31.5 Å². The van der Waals surface area contributed by atoms with Gasteiger partial charge in [0.05, 0.1) is 10.8 Å². The van der Waals surface area contributed by atoms with Crippen molar-refractivity contribution in [2.75, 3.05) is 18.4 Å². The molecule has 2 rings (SSSR count). The van der Waals surface area contributed by atoms with E-state index >= 15 is 0 Å². The average Bonchev–Trinajstić information content (AvgIpc) is 2.41. The van der Waals surface area contributed by atoms with Crippen molar-refractivity contribution in [1.82, 2.24) is 5.32 Å². The van der Waals surface area contributed by atoms with Gasteiger partial charge in [-0.3, -0.25) is 14.9 Å². The molecule has 0 unspecified atom stereocenters. The molecule has 6 nitrogen and oxygen atoms in total. The normalized spacial score (nSPS) is 18.9. The molecule has 0 saturated carbocycles. The van der Waals surface area contributed by atoms with Crippen molar-refractivity contribution >= 4 is 17.3 Å². The van der Waals surface area contributed by atoms with Crippen LogP contribution in [0.15, 0.2) is 18.2 Å². The monoisotopic (exact) mass is 267 g/mol. The molecule has 0 aliphatic carbocycles. The number of amides is 1. The molecule has 19 heavy (non-hydrogen) atoms. The number of carbonyl (C=O) groups excluding carboxylic acids is 1. The van der Waals surface area contributed by atoms with Crippen LogP contribution in [0.2, 0.25) is 0 Å². The number of hydrogen-bond acceptors (Lipinski definition) is 4. The second-order valence-corrected chi connectivity index (χ2v) is 4.46. The minimum Gasteiger partial charge on any atom is -0.326 e. The molecule has 0 spiro atoms. The molecule has 1 fully saturated rings. The lowest BCUT2D eigenvalue weighted by Crippen LogP contribution is -2.37. The summed E-state index contributed by atoms with van der Waals surface area (Å²) in [5.41, 5.74) is -0.400. The van der Waals surface area contributed by atoms with Gasteiger partial charge >= 0.3 is 5.69 Å². The molecule has 1 saturated heterocycles. The second-order valence-electron chi connectivity index (χ2n) is 4.46. The molecule has 0 radical (unpaired) electrons. The second kappa shape index (κ2) is 5.75. The van der Waals surface area contributed by atoms with Crippen molar-refractivity contribution in [3.8, 4) is 0 Å². The zero-order chi connectivity index (χ0) is 13.8. The van der Waals surface area contributed by atoms with E-state index in [-0.39, 0.29) is 17.5 Å². The van der Waals surface area contributed by atoms with Crippen LogP contribution in [-0.4, -0.2) is 23.9 Å². The molecule has 1 aliphatic rings. The summed E-state index contributed by atoms with van der Waals surface area (Å²) < 4.78 is 13.1. The van der Waals surface area contributed by atoms with Crippen molar-refractivity contribution in [3.63, 3.8) is 0 Å². The van der Waals surface area contributed by atoms with Crippen LogP contribution in [0.5, 0.6) is 0 Å². The van der Waals surface area contributed by atoms with Gasteiger partial charge in [-0.2, -0.15) is 4.39 Å². The lowest BCUT2D eigenvalue weighted by molar-refractivity contribution is -0.387. The van der Waals surface area contributed by atoms with E-state index in [0.717, 1.165) is 31.5 Å². The highest BCUT2D eigenvalue weighted by molar-refractivity contribution is 5.93. The lowest BCUT2D eigenvalue weighted by atomic mass is 9.99. The Balaban J connectivity index is 2.08. The third-order valence-corrected chi connectivity index (χ3v) is 3.08. The number of nitrogens with zero attached hydrogens (tertiary/aromatic N) is 1. The summed E-state index contributed by atoms with van der Waals surface area (Å²) in [5, 5.41) is 16.3. The van der Waals surface area contributed by atoms with Crippen LogP contribution in [0.25, 0.3) is 0 Å². The van der Waals surface area contributed by atoms with Gasteiger partial charge in [-0.1, -0.05) is 0 Å². The predicted molar refractivity (Wildman–Crippen MR) is 67.3 cm³/mol. The summed E-state index contributed by atoms with van der Waals surface area (Å²) in [4.78, 5) is 21.7. The number of benzene rings is 1. The van der Waals surface area contributed by atoms with Crippen molar-refractivity contribution in [2.24, 2.45) is 5.92 Å². The molecule has 2 N–H and O–H groups in total. The fourth-order valence-corrected chi connectivity index (χ4v) is 2.05. The van der Waals surface area contributed by atoms with E-state index in [1.54, 1.807) is 0 Å². The van der Waals surface area contributed by atoms with Crippen LogP contribution >= 0.6 is 0 Å². The minimum atomic E-state index is -0.915. The van der Waals surface area contributed by atoms with Crippen LogP contribution in [0.4, 0.5) is 15.8 Å². The van der Waals surface area contributed by atoms with Crippen molar-refractivity contribution < 1.29 is 14.1 Å². The number of halogens is 1. The van der Waals surface area contributed by atoms with Gasteiger partial charge in [0.15, 0.2) is 0 Å². The zero-order valence-corrected chi connectivity index (χ0v) is 10.2. The SMILES string of the molecule is O=C(Nc1ccc(F)c([N+](=O)[O-])c1)[C@@H]1CCCNC1. The third kappa shape index (κ3) is 3.25. The Hall–Kier alpha value is -2.02. The topological polar surface area (TPSA) is 84.3 Å². The number of piperidine rings is 1. The van der Waals surface area contributed by atoms with Gasteiger partial charge in [0, 0.05) is 18.3 Å². The molecule has 1 heterocycles. The van der Waals surface area contributed by atoms with Crippen LogP contribution in [0, 0.1) is 21.8 Å². The molecular weight excluding hydrogens is 253 g/mol. The van der Waals surface area contributed by atoms with Gasteiger partial charge < -0.3 is 10.6 Å². The molecule has 0 aromatic heterocycles. The third-order valence-electron chi connectivity index (χ3n) is 3.08.